The van der Waals surface area contributed by atoms with E-state index in [0.29, 0.717) is 17.3 Å². The number of para-hydroxylation sites is 1. The first-order valence-corrected chi connectivity index (χ1v) is 10.2. The molecule has 9 nitrogen and oxygen atoms in total. The molecule has 0 radical (unpaired) electrons. The molecule has 0 aliphatic carbocycles. The lowest BCUT2D eigenvalue weighted by molar-refractivity contribution is -0.286. The summed E-state index contributed by atoms with van der Waals surface area (Å²) in [6, 6.07) is 11.6. The monoisotopic (exact) mass is 475 g/mol. The molecule has 0 saturated carbocycles. The fourth-order valence-electron chi connectivity index (χ4n) is 3.20. The van der Waals surface area contributed by atoms with Gasteiger partial charge in [0.1, 0.15) is 11.7 Å². The highest BCUT2D eigenvalue weighted by atomic mass is 32.1. The zero-order valence-corrected chi connectivity index (χ0v) is 17.7. The number of carbonyl (C=O) groups is 3. The van der Waals surface area contributed by atoms with Crippen molar-refractivity contribution in [2.45, 2.75) is 18.8 Å². The maximum absolute atomic E-state index is 13.6. The molecule has 170 valence electrons. The van der Waals surface area contributed by atoms with E-state index in [1.165, 1.54) is 18.2 Å². The van der Waals surface area contributed by atoms with Gasteiger partial charge in [-0.25, -0.2) is 4.79 Å². The Hall–Kier alpha value is -3.93. The molecule has 1 atom stereocenters. The quantitative estimate of drug-likeness (QED) is 0.410. The molecule has 12 heteroatoms. The molecule has 2 aromatic carbocycles. The van der Waals surface area contributed by atoms with Crippen LogP contribution in [0.2, 0.25) is 0 Å². The first-order valence-electron chi connectivity index (χ1n) is 9.48. The molecule has 2 heterocycles. The van der Waals surface area contributed by atoms with Gasteiger partial charge in [0, 0.05) is 6.42 Å². The number of ketones is 1. The van der Waals surface area contributed by atoms with Gasteiger partial charge in [-0.2, -0.15) is 8.75 Å². The Morgan fingerprint density at radius 1 is 1.09 bits per heavy atom. The largest absolute Gasteiger partial charge is 0.586 e. The summed E-state index contributed by atoms with van der Waals surface area (Å²) in [7, 11) is 1.05. The van der Waals surface area contributed by atoms with E-state index >= 15 is 0 Å². The van der Waals surface area contributed by atoms with Crippen LogP contribution in [0.4, 0.5) is 8.78 Å². The number of nitrogens with one attached hydrogen (secondary N) is 1. The van der Waals surface area contributed by atoms with Gasteiger partial charge in [-0.1, -0.05) is 36.4 Å². The van der Waals surface area contributed by atoms with Crippen molar-refractivity contribution in [3.05, 3.63) is 59.8 Å². The van der Waals surface area contributed by atoms with Crippen LogP contribution in [0.15, 0.2) is 48.5 Å². The molecule has 0 saturated heterocycles. The van der Waals surface area contributed by atoms with Crippen LogP contribution >= 0.6 is 11.7 Å². The summed E-state index contributed by atoms with van der Waals surface area (Å²) in [5, 5.41) is 2.47. The molecule has 0 spiro atoms. The SMILES string of the molecule is COC(=O)C(=O)C(Cc1ccccc1)NC(=O)c1nsnc1-c1cccc2c1OC(F)(F)O2. The molecule has 1 aliphatic heterocycles. The zero-order valence-electron chi connectivity index (χ0n) is 16.9. The van der Waals surface area contributed by atoms with E-state index in [4.69, 9.17) is 0 Å². The number of rotatable bonds is 7. The number of aromatic nitrogens is 2. The normalized spacial score (nSPS) is 14.4. The van der Waals surface area contributed by atoms with E-state index in [2.05, 4.69) is 28.3 Å². The minimum atomic E-state index is -3.86. The fraction of sp³-hybridized carbons (Fsp3) is 0.190. The summed E-state index contributed by atoms with van der Waals surface area (Å²) in [5.74, 6) is -3.44. The van der Waals surface area contributed by atoms with Crippen LogP contribution in [-0.2, 0) is 20.7 Å². The van der Waals surface area contributed by atoms with E-state index in [9.17, 15) is 23.2 Å². The van der Waals surface area contributed by atoms with Crippen LogP contribution in [-0.4, -0.2) is 45.9 Å². The van der Waals surface area contributed by atoms with Gasteiger partial charge in [-0.3, -0.25) is 9.59 Å². The number of hydrogen-bond donors (Lipinski definition) is 1. The molecule has 33 heavy (non-hydrogen) atoms. The molecule has 0 bridgehead atoms. The Morgan fingerprint density at radius 2 is 1.85 bits per heavy atom. The summed E-state index contributed by atoms with van der Waals surface area (Å²) in [6.07, 6.45) is -3.85. The van der Waals surface area contributed by atoms with Gasteiger partial charge < -0.3 is 19.5 Å². The van der Waals surface area contributed by atoms with Gasteiger partial charge in [0.2, 0.25) is 0 Å². The highest BCUT2D eigenvalue weighted by Gasteiger charge is 2.45. The standard InChI is InChI=1S/C21H15F2N3O6S/c1-30-20(29)17(27)13(10-11-6-3-2-4-7-11)24-19(28)16-15(25-33-26-16)12-8-5-9-14-18(12)32-21(22,23)31-14/h2-9,13H,10H2,1H3,(H,24,28). The predicted octanol–water partition coefficient (Wildman–Crippen LogP) is 2.61. The summed E-state index contributed by atoms with van der Waals surface area (Å²) < 4.78 is 48.6. The van der Waals surface area contributed by atoms with Crippen molar-refractivity contribution in [1.82, 2.24) is 14.1 Å². The van der Waals surface area contributed by atoms with Crippen molar-refractivity contribution in [2.75, 3.05) is 7.11 Å². The van der Waals surface area contributed by atoms with Crippen molar-refractivity contribution >= 4 is 29.4 Å². The third-order valence-electron chi connectivity index (χ3n) is 4.68. The van der Waals surface area contributed by atoms with Gasteiger partial charge in [-0.15, -0.1) is 8.78 Å². The number of fused-ring (bicyclic) bond motifs is 1. The maximum atomic E-state index is 13.6. The number of benzene rings is 2. The highest BCUT2D eigenvalue weighted by molar-refractivity contribution is 6.99. The number of nitrogens with zero attached hydrogens (tertiary/aromatic N) is 2. The first-order chi connectivity index (χ1) is 15.8. The first kappa shape index (κ1) is 22.3. The third-order valence-corrected chi connectivity index (χ3v) is 5.21. The summed E-state index contributed by atoms with van der Waals surface area (Å²) >= 11 is 0.664. The van der Waals surface area contributed by atoms with Crippen molar-refractivity contribution in [2.24, 2.45) is 0 Å². The number of carbonyl (C=O) groups excluding carboxylic acids is 3. The number of methoxy groups -OCH3 is 1. The molecule has 1 unspecified atom stereocenters. The molecule has 0 fully saturated rings. The van der Waals surface area contributed by atoms with Gasteiger partial charge >= 0.3 is 12.3 Å². The van der Waals surface area contributed by atoms with E-state index in [-0.39, 0.29) is 34.9 Å². The van der Waals surface area contributed by atoms with Crippen molar-refractivity contribution in [3.8, 4) is 22.8 Å². The fourth-order valence-corrected chi connectivity index (χ4v) is 3.76. The van der Waals surface area contributed by atoms with Gasteiger partial charge in [-0.05, 0) is 17.7 Å². The van der Waals surface area contributed by atoms with Crippen molar-refractivity contribution < 1.29 is 37.4 Å². The summed E-state index contributed by atoms with van der Waals surface area (Å²) in [5.41, 5.74) is 0.468. The second kappa shape index (κ2) is 8.90. The van der Waals surface area contributed by atoms with E-state index in [0.717, 1.165) is 7.11 Å². The van der Waals surface area contributed by atoms with Gasteiger partial charge in [0.05, 0.1) is 24.4 Å². The Labute approximate surface area is 189 Å². The second-order valence-electron chi connectivity index (χ2n) is 6.83. The van der Waals surface area contributed by atoms with E-state index in [1.54, 1.807) is 30.3 Å². The molecule has 1 aliphatic rings. The van der Waals surface area contributed by atoms with Crippen LogP contribution in [0.25, 0.3) is 11.3 Å². The minimum Gasteiger partial charge on any atom is -0.463 e. The number of amides is 1. The maximum Gasteiger partial charge on any atom is 0.586 e. The van der Waals surface area contributed by atoms with Crippen LogP contribution in [0, 0.1) is 0 Å². The van der Waals surface area contributed by atoms with Crippen LogP contribution in [0.5, 0.6) is 11.5 Å². The number of ether oxygens (including phenoxy) is 3. The highest BCUT2D eigenvalue weighted by Crippen LogP contribution is 2.47. The third kappa shape index (κ3) is 4.65. The number of Topliss-reactive ketones (excluding diaryl/α,β-unsaturated/α-hetero) is 1. The Balaban J connectivity index is 1.63. The molecular formula is C21H15F2N3O6S. The summed E-state index contributed by atoms with van der Waals surface area (Å²) in [4.78, 5) is 37.4. The lowest BCUT2D eigenvalue weighted by atomic mass is 10.0. The Kier molecular flexibility index (Phi) is 6.01. The molecule has 1 amide bonds. The van der Waals surface area contributed by atoms with E-state index in [1.807, 2.05) is 0 Å². The topological polar surface area (TPSA) is 117 Å². The molecule has 1 aromatic heterocycles. The number of alkyl halides is 2. The van der Waals surface area contributed by atoms with Crippen LogP contribution < -0.4 is 14.8 Å². The number of hydrogen-bond acceptors (Lipinski definition) is 9. The second-order valence-corrected chi connectivity index (χ2v) is 7.36. The van der Waals surface area contributed by atoms with Gasteiger partial charge in [0.25, 0.3) is 11.7 Å². The van der Waals surface area contributed by atoms with Crippen LogP contribution in [0.3, 0.4) is 0 Å². The minimum absolute atomic E-state index is 0.0112. The molecular weight excluding hydrogens is 460 g/mol. The van der Waals surface area contributed by atoms with E-state index < -0.39 is 30.0 Å². The molecule has 1 N–H and O–H groups in total. The smallest absolute Gasteiger partial charge is 0.463 e. The number of esters is 1. The predicted molar refractivity (Wildman–Crippen MR) is 110 cm³/mol. The van der Waals surface area contributed by atoms with Crippen molar-refractivity contribution in [3.63, 3.8) is 0 Å². The van der Waals surface area contributed by atoms with Crippen molar-refractivity contribution in [1.29, 1.82) is 0 Å². The average Bonchev–Trinajstić information content (AvgIpc) is 3.41. The van der Waals surface area contributed by atoms with Gasteiger partial charge in [0.15, 0.2) is 17.2 Å². The number of halogens is 2. The Bertz CT molecular complexity index is 1220. The molecule has 3 aromatic rings. The average molecular weight is 475 g/mol. The lowest BCUT2D eigenvalue weighted by Crippen LogP contribution is -2.46. The zero-order chi connectivity index (χ0) is 23.6. The van der Waals surface area contributed by atoms with Crippen LogP contribution in [0.1, 0.15) is 16.1 Å². The molecule has 4 rings (SSSR count). The lowest BCUT2D eigenvalue weighted by Gasteiger charge is -2.16. The Morgan fingerprint density at radius 3 is 2.58 bits per heavy atom. The summed E-state index contributed by atoms with van der Waals surface area (Å²) in [6.45, 7) is 0.